The van der Waals surface area contributed by atoms with Crippen molar-refractivity contribution in [1.82, 2.24) is 10.6 Å². The van der Waals surface area contributed by atoms with Gasteiger partial charge >= 0.3 is 5.97 Å². The fraction of sp³-hybridized carbons (Fsp3) is 0.433. The number of amides is 2. The molecule has 0 fully saturated rings. The molecule has 25 nitrogen and oxygen atoms in total. The van der Waals surface area contributed by atoms with Crippen LogP contribution >= 0.6 is 7.92 Å². The summed E-state index contributed by atoms with van der Waals surface area (Å²) in [5, 5.41) is 8.28. The SMILES string of the molecule is COCCOCCOCCOCCOCCN1C(=CC=CC2=[N+](CCCCCC(=O)NCCNC(=O)c3ccc(C(=O)OC)c(P(c4ccccc4)c4ccccc4)c3)c3ccc(S(=O)(=O)O)cc3C2(C)CCCS(=O)(=O)O)C(C)(CCCS(=O)(=O)O)c2cc(S(=O)(=O)O)ccc21. The van der Waals surface area contributed by atoms with Crippen molar-refractivity contribution in [1.29, 1.82) is 0 Å². The van der Waals surface area contributed by atoms with Crippen LogP contribution < -0.4 is 31.4 Å². The van der Waals surface area contributed by atoms with Gasteiger partial charge in [0.1, 0.15) is 6.54 Å². The first-order valence-corrected chi connectivity index (χ1v) is 39.0. The highest BCUT2D eigenvalue weighted by atomic mass is 32.2. The number of ether oxygens (including phenoxy) is 6. The summed E-state index contributed by atoms with van der Waals surface area (Å²) in [5.74, 6) is -2.50. The van der Waals surface area contributed by atoms with E-state index in [2.05, 4.69) is 10.6 Å². The molecule has 0 saturated carbocycles. The molecule has 2 aliphatic rings. The van der Waals surface area contributed by atoms with Crippen LogP contribution in [0.15, 0.2) is 149 Å². The Hall–Kier alpha value is -6.67. The Kier molecular flexibility index (Phi) is 28.8. The van der Waals surface area contributed by atoms with Gasteiger partial charge in [0.2, 0.25) is 11.6 Å². The van der Waals surface area contributed by atoms with E-state index in [1.165, 1.54) is 43.5 Å². The number of nitrogens with zero attached hydrogens (tertiary/aromatic N) is 2. The van der Waals surface area contributed by atoms with Crippen molar-refractivity contribution in [3.8, 4) is 0 Å². The highest BCUT2D eigenvalue weighted by molar-refractivity contribution is 7.86. The Morgan fingerprint density at radius 3 is 1.68 bits per heavy atom. The highest BCUT2D eigenvalue weighted by Gasteiger charge is 2.49. The van der Waals surface area contributed by atoms with Gasteiger partial charge in [-0.1, -0.05) is 66.7 Å². The number of rotatable bonds is 41. The number of benzene rings is 5. The first-order valence-electron chi connectivity index (χ1n) is 31.5. The molecule has 0 spiro atoms. The van der Waals surface area contributed by atoms with Crippen LogP contribution in [0.1, 0.15) is 97.1 Å². The van der Waals surface area contributed by atoms with Gasteiger partial charge in [-0.2, -0.15) is 38.2 Å². The summed E-state index contributed by atoms with van der Waals surface area (Å²) in [5.41, 5.74) is 1.16. The van der Waals surface area contributed by atoms with Crippen molar-refractivity contribution >= 4 is 99.2 Å². The van der Waals surface area contributed by atoms with E-state index in [0.29, 0.717) is 109 Å². The number of nitrogens with one attached hydrogen (secondary N) is 2. The molecule has 2 unspecified atom stereocenters. The summed E-state index contributed by atoms with van der Waals surface area (Å²) in [7, 11) is -16.9. The maximum atomic E-state index is 13.7. The molecule has 97 heavy (non-hydrogen) atoms. The van der Waals surface area contributed by atoms with Crippen LogP contribution in [0, 0.1) is 0 Å². The second-order valence-corrected chi connectivity index (χ2v) is 31.6. The molecule has 2 amide bonds. The number of esters is 1. The molecule has 2 atom stereocenters. The molecule has 0 radical (unpaired) electrons. The highest BCUT2D eigenvalue weighted by Crippen LogP contribution is 2.52. The number of carbonyl (C=O) groups is 3. The molecule has 0 bridgehead atoms. The van der Waals surface area contributed by atoms with E-state index in [9.17, 15) is 66.3 Å². The molecule has 30 heteroatoms. The second-order valence-electron chi connectivity index (χ2n) is 23.4. The third kappa shape index (κ3) is 22.2. The van der Waals surface area contributed by atoms with Gasteiger partial charge in [0.05, 0.1) is 98.8 Å². The van der Waals surface area contributed by atoms with Crippen molar-refractivity contribution in [3.05, 3.63) is 161 Å². The molecule has 2 heterocycles. The minimum absolute atomic E-state index is 0.0379. The second kappa shape index (κ2) is 35.9. The lowest BCUT2D eigenvalue weighted by Crippen LogP contribution is -2.35. The fourth-order valence-electron chi connectivity index (χ4n) is 11.9. The molecule has 6 N–H and O–H groups in total. The minimum Gasteiger partial charge on any atom is -0.465 e. The number of fused-ring (bicyclic) bond motifs is 2. The lowest BCUT2D eigenvalue weighted by Gasteiger charge is -2.30. The van der Waals surface area contributed by atoms with Crippen LogP contribution in [0.4, 0.5) is 11.4 Å². The van der Waals surface area contributed by atoms with Crippen molar-refractivity contribution in [2.24, 2.45) is 0 Å². The topological polar surface area (TPSA) is 354 Å². The predicted octanol–water partition coefficient (Wildman–Crippen LogP) is 6.45. The molecule has 2 aliphatic heterocycles. The van der Waals surface area contributed by atoms with E-state index in [-0.39, 0.29) is 84.0 Å². The monoisotopic (exact) mass is 1440 g/mol. The minimum atomic E-state index is -4.77. The molecular weight excluding hydrogens is 1360 g/mol. The van der Waals surface area contributed by atoms with Crippen molar-refractivity contribution < 1.29 is 99.3 Å². The zero-order chi connectivity index (χ0) is 70.4. The average Bonchev–Trinajstić information content (AvgIpc) is 1.60. The first-order chi connectivity index (χ1) is 46.1. The van der Waals surface area contributed by atoms with E-state index < -0.39 is 92.4 Å². The lowest BCUT2D eigenvalue weighted by atomic mass is 9.75. The average molecular weight is 1440 g/mol. The zero-order valence-corrected chi connectivity index (χ0v) is 58.8. The lowest BCUT2D eigenvalue weighted by molar-refractivity contribution is -0.438. The van der Waals surface area contributed by atoms with Gasteiger partial charge in [-0.05, 0) is 131 Å². The molecule has 0 aliphatic carbocycles. The Morgan fingerprint density at radius 2 is 1.12 bits per heavy atom. The van der Waals surface area contributed by atoms with Crippen molar-refractivity contribution in [3.63, 3.8) is 0 Å². The summed E-state index contributed by atoms with van der Waals surface area (Å²) in [6.45, 7) is 7.01. The first kappa shape index (κ1) is 77.7. The Bertz CT molecular complexity index is 4060. The summed E-state index contributed by atoms with van der Waals surface area (Å²) >= 11 is 0. The van der Waals surface area contributed by atoms with Gasteiger partial charge in [-0.15, -0.1) is 0 Å². The molecule has 528 valence electrons. The van der Waals surface area contributed by atoms with Crippen LogP contribution in [0.3, 0.4) is 0 Å². The van der Waals surface area contributed by atoms with Crippen LogP contribution in [0.25, 0.3) is 0 Å². The molecule has 5 aromatic rings. The molecule has 7 rings (SSSR count). The van der Waals surface area contributed by atoms with Gasteiger partial charge in [0, 0.05) is 85.0 Å². The third-order valence-electron chi connectivity index (χ3n) is 16.6. The molecule has 0 saturated heterocycles. The standard InChI is InChI=1S/C67H85N4O21PS4/c1-66(30-15-45-94(75,76)77)56-48-53(96(81,82)83)25-28-58(56)70(34-13-7-12-23-63(72)68-32-33-69-64(73)50-24-27-55(65(74)88-4)60(47-50)93(51-17-8-5-9-18-51)52-19-10-6-11-20-52)61(66)21-14-22-62-67(2,31-16-46-95(78,79)80)57-49-54(97(84,85)86)26-29-59(57)71(62)35-36-89-39-40-91-43-44-92-42-41-90-38-37-87-3/h5-6,8-11,14,17-22,24-29,47-49H,7,12-13,15-16,23,30-46H2,1-4H3,(H5-,68,69,72,73,75,76,77,78,79,80,81,82,83,84,85,86)/p+1. The molecular formula is C67H86N4O21PS4+. The van der Waals surface area contributed by atoms with Gasteiger partial charge in [-0.25, -0.2) is 4.79 Å². The summed E-state index contributed by atoms with van der Waals surface area (Å²) in [6, 6.07) is 32.4. The Balaban J connectivity index is 1.10. The number of hydrogen-bond donors (Lipinski definition) is 6. The number of carbonyl (C=O) groups excluding carboxylic acids is 3. The van der Waals surface area contributed by atoms with Gasteiger partial charge in [0.25, 0.3) is 46.4 Å². The van der Waals surface area contributed by atoms with Gasteiger partial charge in [-0.3, -0.25) is 27.8 Å². The number of anilines is 1. The maximum absolute atomic E-state index is 13.7. The van der Waals surface area contributed by atoms with Crippen LogP contribution in [-0.2, 0) is 84.5 Å². The van der Waals surface area contributed by atoms with Crippen LogP contribution in [-0.4, -0.2) is 191 Å². The number of hydrogen-bond acceptors (Lipinski definition) is 18. The van der Waals surface area contributed by atoms with Crippen LogP contribution in [0.5, 0.6) is 0 Å². The van der Waals surface area contributed by atoms with E-state index >= 15 is 0 Å². The fourth-order valence-corrected chi connectivity index (χ4v) is 16.4. The quantitative estimate of drug-likeness (QED) is 0.00804. The number of methoxy groups -OCH3 is 2. The van der Waals surface area contributed by atoms with Crippen molar-refractivity contribution in [2.75, 3.05) is 116 Å². The Morgan fingerprint density at radius 1 is 0.588 bits per heavy atom. The summed E-state index contributed by atoms with van der Waals surface area (Å²) < 4.78 is 174. The third-order valence-corrected chi connectivity index (χ3v) is 22.4. The number of allylic oxidation sites excluding steroid dienone is 4. The number of unbranched alkanes of at least 4 members (excludes halogenated alkanes) is 2. The maximum Gasteiger partial charge on any atom is 0.338 e. The predicted molar refractivity (Wildman–Crippen MR) is 368 cm³/mol. The van der Waals surface area contributed by atoms with Gasteiger partial charge < -0.3 is 44.0 Å². The van der Waals surface area contributed by atoms with E-state index in [1.54, 1.807) is 57.4 Å². The smallest absolute Gasteiger partial charge is 0.338 e. The summed E-state index contributed by atoms with van der Waals surface area (Å²) in [6.07, 6.45) is 6.59. The Labute approximate surface area is 569 Å². The van der Waals surface area contributed by atoms with E-state index in [1.807, 2.05) is 70.1 Å². The van der Waals surface area contributed by atoms with Crippen LogP contribution in [0.2, 0.25) is 0 Å². The molecule has 5 aromatic carbocycles. The van der Waals surface area contributed by atoms with Crippen molar-refractivity contribution in [2.45, 2.75) is 85.8 Å². The zero-order valence-electron chi connectivity index (χ0n) is 54.7. The van der Waals surface area contributed by atoms with Gasteiger partial charge in [0.15, 0.2) is 5.71 Å². The largest absolute Gasteiger partial charge is 0.465 e. The normalized spacial score (nSPS) is 16.9. The summed E-state index contributed by atoms with van der Waals surface area (Å²) in [4.78, 5) is 41.1. The molecule has 0 aromatic heterocycles. The van der Waals surface area contributed by atoms with E-state index in [4.69, 9.17) is 28.4 Å². The van der Waals surface area contributed by atoms with E-state index in [0.717, 1.165) is 10.6 Å².